The summed E-state index contributed by atoms with van der Waals surface area (Å²) in [6.07, 6.45) is 0. The second kappa shape index (κ2) is 2.09. The first-order chi connectivity index (χ1) is 2.56. The van der Waals surface area contributed by atoms with E-state index in [4.69, 9.17) is 9.79 Å². The van der Waals surface area contributed by atoms with Gasteiger partial charge in [-0.2, -0.15) is 9.79 Å². The largest absolute Gasteiger partial charge is 0.404 e. The van der Waals surface area contributed by atoms with Crippen molar-refractivity contribution in [2.75, 3.05) is 7.05 Å². The fourth-order valence-electron chi connectivity index (χ4n) is 0. The zero-order chi connectivity index (χ0) is 5.21. The van der Waals surface area contributed by atoms with Gasteiger partial charge in [0.1, 0.15) is 0 Å². The summed E-state index contributed by atoms with van der Waals surface area (Å²) < 4.78 is 0. The van der Waals surface area contributed by atoms with Crippen LogP contribution in [-0.4, -0.2) is 16.8 Å². The molecule has 3 nitrogen and oxygen atoms in total. The molecule has 5 heteroatoms. The van der Waals surface area contributed by atoms with Gasteiger partial charge in [-0.15, -0.1) is 5.09 Å². The van der Waals surface area contributed by atoms with Crippen molar-refractivity contribution in [1.82, 2.24) is 5.09 Å². The summed E-state index contributed by atoms with van der Waals surface area (Å²) >= 11 is 3.37. The smallest absolute Gasteiger partial charge is 0.193 e. The minimum Gasteiger partial charge on any atom is -0.193 e. The van der Waals surface area contributed by atoms with Crippen LogP contribution in [0.15, 0.2) is 0 Å². The summed E-state index contributed by atoms with van der Waals surface area (Å²) in [7, 11) is -1.52. The predicted octanol–water partition coefficient (Wildman–Crippen LogP) is -0.202. The molecular weight excluding hydrogens is 121 g/mol. The molecular formula is CH7NO2PS+. The Morgan fingerprint density at radius 1 is 1.67 bits per heavy atom. The zero-order valence-electron chi connectivity index (χ0n) is 3.29. The van der Waals surface area contributed by atoms with E-state index < -0.39 is 7.07 Å². The third-order valence-electron chi connectivity index (χ3n) is 0.300. The Morgan fingerprint density at radius 3 is 1.83 bits per heavy atom. The molecule has 0 aromatic heterocycles. The molecule has 0 aromatic carbocycles. The summed E-state index contributed by atoms with van der Waals surface area (Å²) in [5.41, 5.74) is 0. The molecule has 6 heavy (non-hydrogen) atoms. The quantitative estimate of drug-likeness (QED) is 0.292. The lowest BCUT2D eigenvalue weighted by molar-refractivity contribution is 0.464. The van der Waals surface area contributed by atoms with Gasteiger partial charge in [-0.25, -0.2) is 0 Å². The third-order valence-corrected chi connectivity index (χ3v) is 1.50. The first-order valence-electron chi connectivity index (χ1n) is 1.32. The van der Waals surface area contributed by atoms with E-state index in [0.717, 1.165) is 0 Å². The molecule has 0 amide bonds. The third kappa shape index (κ3) is 4.66. The molecule has 38 valence electrons. The minimum atomic E-state index is -2.95. The summed E-state index contributed by atoms with van der Waals surface area (Å²) in [6, 6.07) is 0. The Morgan fingerprint density at radius 2 is 1.83 bits per heavy atom. The van der Waals surface area contributed by atoms with Crippen LogP contribution in [0.3, 0.4) is 0 Å². The highest BCUT2D eigenvalue weighted by Crippen LogP contribution is 2.48. The van der Waals surface area contributed by atoms with Crippen molar-refractivity contribution in [2.45, 2.75) is 0 Å². The molecule has 0 radical (unpaired) electrons. The van der Waals surface area contributed by atoms with Crippen LogP contribution in [0.2, 0.25) is 0 Å². The molecule has 0 fully saturated rings. The van der Waals surface area contributed by atoms with Crippen LogP contribution >= 0.6 is 19.3 Å². The van der Waals surface area contributed by atoms with Gasteiger partial charge < -0.3 is 0 Å². The highest BCUT2D eigenvalue weighted by Gasteiger charge is 2.23. The lowest BCUT2D eigenvalue weighted by atomic mass is 11.6. The van der Waals surface area contributed by atoms with Crippen LogP contribution in [0.1, 0.15) is 0 Å². The Bertz CT molecular complexity index is 43.3. The minimum absolute atomic E-state index is 1.43. The second-order valence-corrected chi connectivity index (χ2v) is 4.05. The number of hydrogen-bond acceptors (Lipinski definition) is 4. The lowest BCUT2D eigenvalue weighted by Crippen LogP contribution is -2.01. The molecule has 0 unspecified atom stereocenters. The van der Waals surface area contributed by atoms with Crippen LogP contribution in [-0.2, 0) is 0 Å². The van der Waals surface area contributed by atoms with Gasteiger partial charge in [-0.3, -0.25) is 0 Å². The molecule has 0 heterocycles. The Labute approximate surface area is 42.1 Å². The molecule has 0 aromatic rings. The summed E-state index contributed by atoms with van der Waals surface area (Å²) in [6.45, 7) is 0. The van der Waals surface area contributed by atoms with E-state index in [1.54, 1.807) is 0 Å². The second-order valence-electron chi connectivity index (χ2n) is 0.792. The average molecular weight is 128 g/mol. The fourth-order valence-corrected chi connectivity index (χ4v) is 0. The zero-order valence-corrected chi connectivity index (χ0v) is 5.08. The van der Waals surface area contributed by atoms with Gasteiger partial charge in [0.15, 0.2) is 0 Å². The lowest BCUT2D eigenvalue weighted by Gasteiger charge is -1.96. The molecule has 0 saturated carbocycles. The van der Waals surface area contributed by atoms with Gasteiger partial charge in [0.25, 0.3) is 0 Å². The molecule has 0 aliphatic carbocycles. The first kappa shape index (κ1) is 6.66. The fraction of sp³-hybridized carbons (Fsp3) is 1.00. The van der Waals surface area contributed by atoms with Crippen molar-refractivity contribution in [2.24, 2.45) is 0 Å². The first-order valence-corrected chi connectivity index (χ1v) is 4.17. The summed E-state index contributed by atoms with van der Waals surface area (Å²) in [4.78, 5) is 16.5. The maximum Gasteiger partial charge on any atom is 0.404 e. The van der Waals surface area contributed by atoms with Crippen molar-refractivity contribution in [3.63, 3.8) is 0 Å². The Kier molecular flexibility index (Phi) is 2.33. The van der Waals surface area contributed by atoms with E-state index in [9.17, 15) is 0 Å². The van der Waals surface area contributed by atoms with Gasteiger partial charge in [0.2, 0.25) is 0 Å². The van der Waals surface area contributed by atoms with E-state index in [1.807, 2.05) is 0 Å². The number of thiol groups is 1. The van der Waals surface area contributed by atoms with E-state index in [1.165, 1.54) is 7.05 Å². The topological polar surface area (TPSA) is 52.5 Å². The van der Waals surface area contributed by atoms with Crippen LogP contribution in [0, 0.1) is 0 Å². The summed E-state index contributed by atoms with van der Waals surface area (Å²) in [5.74, 6) is 0. The van der Waals surface area contributed by atoms with Crippen molar-refractivity contribution in [1.29, 1.82) is 0 Å². The van der Waals surface area contributed by atoms with E-state index in [2.05, 4.69) is 17.3 Å². The standard InChI is InChI=1S/CH7NO2PS/c1-2-5(3,4)6/h2-4,6H,1H3/q+1. The number of rotatable bonds is 1. The maximum absolute atomic E-state index is 8.25. The van der Waals surface area contributed by atoms with Crippen LogP contribution < -0.4 is 5.09 Å². The van der Waals surface area contributed by atoms with Crippen LogP contribution in [0.4, 0.5) is 0 Å². The van der Waals surface area contributed by atoms with Gasteiger partial charge >= 0.3 is 7.07 Å². The van der Waals surface area contributed by atoms with Crippen molar-refractivity contribution >= 4 is 19.3 Å². The monoisotopic (exact) mass is 128 g/mol. The molecule has 3 N–H and O–H groups in total. The van der Waals surface area contributed by atoms with Gasteiger partial charge in [0.05, 0.1) is 12.2 Å². The molecule has 0 atom stereocenters. The van der Waals surface area contributed by atoms with E-state index in [-0.39, 0.29) is 0 Å². The van der Waals surface area contributed by atoms with Crippen LogP contribution in [0.5, 0.6) is 0 Å². The van der Waals surface area contributed by atoms with E-state index >= 15 is 0 Å². The Hall–Kier alpha value is 0.660. The van der Waals surface area contributed by atoms with Gasteiger partial charge in [-0.1, -0.05) is 0 Å². The van der Waals surface area contributed by atoms with E-state index in [0.29, 0.717) is 0 Å². The van der Waals surface area contributed by atoms with Crippen LogP contribution in [0.25, 0.3) is 0 Å². The highest BCUT2D eigenvalue weighted by atomic mass is 32.7. The number of hydrogen-bond donors (Lipinski definition) is 4. The normalized spacial score (nSPS) is 12.0. The van der Waals surface area contributed by atoms with Gasteiger partial charge in [-0.05, 0) is 0 Å². The predicted molar refractivity (Wildman–Crippen MR) is 29.4 cm³/mol. The molecule has 0 saturated heterocycles. The Balaban J connectivity index is 3.17. The van der Waals surface area contributed by atoms with Crippen molar-refractivity contribution in [3.8, 4) is 0 Å². The SMILES string of the molecule is CN[P+](O)(O)S. The maximum atomic E-state index is 8.25. The molecule has 0 aliphatic heterocycles. The molecule has 0 bridgehead atoms. The molecule has 0 spiro atoms. The molecule has 0 rings (SSSR count). The number of nitrogens with one attached hydrogen (secondary N) is 1. The van der Waals surface area contributed by atoms with Crippen molar-refractivity contribution in [3.05, 3.63) is 0 Å². The molecule has 0 aliphatic rings. The average Bonchev–Trinajstić information content (AvgIpc) is 1.35. The van der Waals surface area contributed by atoms with Gasteiger partial charge in [0, 0.05) is 7.05 Å². The summed E-state index contributed by atoms with van der Waals surface area (Å²) in [5, 5.41) is 2.19. The van der Waals surface area contributed by atoms with Crippen molar-refractivity contribution < 1.29 is 9.79 Å². The highest BCUT2D eigenvalue weighted by molar-refractivity contribution is 8.48.